The summed E-state index contributed by atoms with van der Waals surface area (Å²) in [4.78, 5) is 0.420. The van der Waals surface area contributed by atoms with E-state index in [0.29, 0.717) is 6.61 Å². The number of ether oxygens (including phenoxy) is 3. The number of sulfone groups is 1. The first-order chi connectivity index (χ1) is 12.5. The van der Waals surface area contributed by atoms with Crippen LogP contribution in [0.2, 0.25) is 0 Å². The van der Waals surface area contributed by atoms with Crippen LogP contribution in [-0.4, -0.2) is 34.5 Å². The van der Waals surface area contributed by atoms with Crippen LogP contribution in [0.1, 0.15) is 11.1 Å². The first kappa shape index (κ1) is 18.8. The molecule has 0 fully saturated rings. The molecule has 0 saturated heterocycles. The zero-order valence-electron chi connectivity index (χ0n) is 14.8. The molecule has 6 heteroatoms. The fraction of sp³-hybridized carbons (Fsp3) is 0.300. The standard InChI is InChI=1S/C20H22O5S/c1-15-8-10-17(11-9-15)26(21,22)19-12-20(23-2)25-18(19)14-24-13-16-6-4-3-5-7-16/h3-12,18,20H,13-14H2,1-2H3/t18-,20-/m1/s1. The molecule has 2 aromatic rings. The molecule has 0 saturated carbocycles. The minimum Gasteiger partial charge on any atom is -0.374 e. The molecule has 2 atom stereocenters. The summed E-state index contributed by atoms with van der Waals surface area (Å²) in [6, 6.07) is 16.5. The Morgan fingerprint density at radius 3 is 2.38 bits per heavy atom. The molecule has 0 spiro atoms. The summed E-state index contributed by atoms with van der Waals surface area (Å²) in [6.07, 6.45) is 0.108. The highest BCUT2D eigenvalue weighted by molar-refractivity contribution is 7.95. The SMILES string of the molecule is CO[C@H]1C=C(S(=O)(=O)c2ccc(C)cc2)[C@@H](COCc2ccccc2)O1. The zero-order chi connectivity index (χ0) is 18.6. The van der Waals surface area contributed by atoms with Gasteiger partial charge in [0.05, 0.1) is 23.0 Å². The van der Waals surface area contributed by atoms with Crippen molar-refractivity contribution >= 4 is 9.84 Å². The number of hydrogen-bond acceptors (Lipinski definition) is 5. The van der Waals surface area contributed by atoms with Crippen LogP contribution in [0, 0.1) is 6.92 Å². The van der Waals surface area contributed by atoms with E-state index >= 15 is 0 Å². The number of methoxy groups -OCH3 is 1. The molecule has 26 heavy (non-hydrogen) atoms. The Hall–Kier alpha value is -1.99. The smallest absolute Gasteiger partial charge is 0.205 e. The lowest BCUT2D eigenvalue weighted by Crippen LogP contribution is -2.24. The predicted octanol–water partition coefficient (Wildman–Crippen LogP) is 3.24. The molecule has 0 aromatic heterocycles. The summed E-state index contributed by atoms with van der Waals surface area (Å²) in [7, 11) is -2.19. The van der Waals surface area contributed by atoms with Crippen molar-refractivity contribution in [1.82, 2.24) is 0 Å². The summed E-state index contributed by atoms with van der Waals surface area (Å²) in [5, 5.41) is 0. The number of hydrogen-bond donors (Lipinski definition) is 0. The van der Waals surface area contributed by atoms with Crippen molar-refractivity contribution in [3.63, 3.8) is 0 Å². The lowest BCUT2D eigenvalue weighted by molar-refractivity contribution is -0.116. The quantitative estimate of drug-likeness (QED) is 0.745. The van der Waals surface area contributed by atoms with Gasteiger partial charge in [-0.1, -0.05) is 48.0 Å². The van der Waals surface area contributed by atoms with Crippen LogP contribution in [0.15, 0.2) is 70.5 Å². The van der Waals surface area contributed by atoms with Gasteiger partial charge in [-0.3, -0.25) is 0 Å². The van der Waals surface area contributed by atoms with Gasteiger partial charge in [-0.05, 0) is 30.7 Å². The van der Waals surface area contributed by atoms with Crippen molar-refractivity contribution < 1.29 is 22.6 Å². The highest BCUT2D eigenvalue weighted by atomic mass is 32.2. The number of benzene rings is 2. The van der Waals surface area contributed by atoms with Gasteiger partial charge in [0.2, 0.25) is 9.84 Å². The maximum Gasteiger partial charge on any atom is 0.205 e. The minimum absolute atomic E-state index is 0.131. The Morgan fingerprint density at radius 2 is 1.73 bits per heavy atom. The second-order valence-corrected chi connectivity index (χ2v) is 8.06. The van der Waals surface area contributed by atoms with Crippen molar-refractivity contribution in [2.24, 2.45) is 0 Å². The maximum absolute atomic E-state index is 13.0. The summed E-state index contributed by atoms with van der Waals surface area (Å²) in [5.41, 5.74) is 2.01. The van der Waals surface area contributed by atoms with E-state index in [1.54, 1.807) is 24.3 Å². The van der Waals surface area contributed by atoms with E-state index in [4.69, 9.17) is 14.2 Å². The Bertz CT molecular complexity index is 857. The van der Waals surface area contributed by atoms with Gasteiger partial charge < -0.3 is 14.2 Å². The molecule has 0 amide bonds. The lowest BCUT2D eigenvalue weighted by atomic mass is 10.2. The van der Waals surface area contributed by atoms with Crippen molar-refractivity contribution in [2.45, 2.75) is 30.8 Å². The molecular formula is C20H22O5S. The maximum atomic E-state index is 13.0. The second kappa shape index (κ2) is 8.14. The first-order valence-corrected chi connectivity index (χ1v) is 9.82. The Kier molecular flexibility index (Phi) is 5.88. The molecule has 0 N–H and O–H groups in total. The molecule has 0 aliphatic carbocycles. The Morgan fingerprint density at radius 1 is 1.04 bits per heavy atom. The van der Waals surface area contributed by atoms with Gasteiger partial charge in [0.15, 0.2) is 6.29 Å². The first-order valence-electron chi connectivity index (χ1n) is 8.34. The van der Waals surface area contributed by atoms with Crippen LogP contribution in [0.4, 0.5) is 0 Å². The van der Waals surface area contributed by atoms with Crippen LogP contribution in [-0.2, 0) is 30.7 Å². The van der Waals surface area contributed by atoms with Crippen molar-refractivity contribution in [3.05, 3.63) is 76.7 Å². The third kappa shape index (κ3) is 4.22. The van der Waals surface area contributed by atoms with E-state index in [9.17, 15) is 8.42 Å². The molecule has 2 aromatic carbocycles. The van der Waals surface area contributed by atoms with Gasteiger partial charge in [0.25, 0.3) is 0 Å². The van der Waals surface area contributed by atoms with Crippen molar-refractivity contribution in [1.29, 1.82) is 0 Å². The third-order valence-corrected chi connectivity index (χ3v) is 6.08. The molecule has 1 aliphatic heterocycles. The fourth-order valence-corrected chi connectivity index (χ4v) is 4.26. The van der Waals surface area contributed by atoms with Crippen LogP contribution >= 0.6 is 0 Å². The van der Waals surface area contributed by atoms with Gasteiger partial charge in [-0.2, -0.15) is 0 Å². The third-order valence-electron chi connectivity index (χ3n) is 4.17. The highest BCUT2D eigenvalue weighted by Gasteiger charge is 2.36. The number of aryl methyl sites for hydroxylation is 1. The molecule has 138 valence electrons. The van der Waals surface area contributed by atoms with Crippen LogP contribution in [0.5, 0.6) is 0 Å². The summed E-state index contributed by atoms with van der Waals surface area (Å²) in [6.45, 7) is 2.43. The van der Waals surface area contributed by atoms with Crippen LogP contribution in [0.3, 0.4) is 0 Å². The molecular weight excluding hydrogens is 352 g/mol. The normalized spacial score (nSPS) is 20.2. The largest absolute Gasteiger partial charge is 0.374 e. The van der Waals surface area contributed by atoms with Gasteiger partial charge in [0, 0.05) is 7.11 Å². The monoisotopic (exact) mass is 374 g/mol. The van der Waals surface area contributed by atoms with Crippen molar-refractivity contribution in [2.75, 3.05) is 13.7 Å². The van der Waals surface area contributed by atoms with E-state index in [1.165, 1.54) is 13.2 Å². The minimum atomic E-state index is -3.67. The van der Waals surface area contributed by atoms with Gasteiger partial charge in [-0.25, -0.2) is 8.42 Å². The summed E-state index contributed by atoms with van der Waals surface area (Å²) >= 11 is 0. The molecule has 3 rings (SSSR count). The second-order valence-electron chi connectivity index (χ2n) is 6.12. The molecule has 1 aliphatic rings. The van der Waals surface area contributed by atoms with Gasteiger partial charge >= 0.3 is 0 Å². The highest BCUT2D eigenvalue weighted by Crippen LogP contribution is 2.30. The van der Waals surface area contributed by atoms with Gasteiger partial charge in [0.1, 0.15) is 6.10 Å². The van der Waals surface area contributed by atoms with E-state index in [2.05, 4.69) is 0 Å². The average molecular weight is 374 g/mol. The van der Waals surface area contributed by atoms with E-state index < -0.39 is 22.2 Å². The van der Waals surface area contributed by atoms with Gasteiger partial charge in [-0.15, -0.1) is 0 Å². The average Bonchev–Trinajstić information content (AvgIpc) is 3.07. The fourth-order valence-electron chi connectivity index (χ4n) is 2.73. The topological polar surface area (TPSA) is 61.8 Å². The van der Waals surface area contributed by atoms with Crippen molar-refractivity contribution in [3.8, 4) is 0 Å². The van der Waals surface area contributed by atoms with Crippen LogP contribution in [0.25, 0.3) is 0 Å². The van der Waals surface area contributed by atoms with Crippen LogP contribution < -0.4 is 0 Å². The molecule has 5 nitrogen and oxygen atoms in total. The summed E-state index contributed by atoms with van der Waals surface area (Å²) < 4.78 is 42.5. The van der Waals surface area contributed by atoms with E-state index in [-0.39, 0.29) is 16.4 Å². The molecule has 0 unspecified atom stereocenters. The molecule has 0 radical (unpaired) electrons. The zero-order valence-corrected chi connectivity index (χ0v) is 15.6. The molecule has 0 bridgehead atoms. The predicted molar refractivity (Wildman–Crippen MR) is 98.2 cm³/mol. The number of rotatable bonds is 7. The van der Waals surface area contributed by atoms with E-state index in [0.717, 1.165) is 11.1 Å². The Labute approximate surface area is 154 Å². The lowest BCUT2D eigenvalue weighted by Gasteiger charge is -2.17. The summed E-state index contributed by atoms with van der Waals surface area (Å²) in [5.74, 6) is 0. The Balaban J connectivity index is 1.75. The van der Waals surface area contributed by atoms with E-state index in [1.807, 2.05) is 37.3 Å². The molecule has 1 heterocycles.